The number of ether oxygens (including phenoxy) is 1. The van der Waals surface area contributed by atoms with Crippen molar-refractivity contribution in [2.75, 3.05) is 6.54 Å². The Morgan fingerprint density at radius 3 is 2.30 bits per heavy atom. The first-order valence-electron chi connectivity index (χ1n) is 8.95. The number of nitrogens with zero attached hydrogens (tertiary/aromatic N) is 1. The standard InChI is InChI=1S/C20H29NO2/c1-20(2,3)23-19(22)14-21-17-10-7-11-18(21)13-16(12-17)15-8-5-4-6-9-15/h4-6,8-9,16-18H,7,10-14H2,1-3H3. The predicted octanol–water partition coefficient (Wildman–Crippen LogP) is 4.13. The fourth-order valence-electron chi connectivity index (χ4n) is 4.26. The third-order valence-electron chi connectivity index (χ3n) is 5.13. The van der Waals surface area contributed by atoms with Gasteiger partial charge in [-0.1, -0.05) is 36.8 Å². The zero-order valence-corrected chi connectivity index (χ0v) is 14.6. The van der Waals surface area contributed by atoms with Crippen LogP contribution in [-0.4, -0.2) is 35.1 Å². The minimum Gasteiger partial charge on any atom is -0.459 e. The van der Waals surface area contributed by atoms with Gasteiger partial charge in [0, 0.05) is 12.1 Å². The molecule has 3 heteroatoms. The number of esters is 1. The highest BCUT2D eigenvalue weighted by Crippen LogP contribution is 2.41. The Morgan fingerprint density at radius 2 is 1.74 bits per heavy atom. The smallest absolute Gasteiger partial charge is 0.320 e. The van der Waals surface area contributed by atoms with E-state index < -0.39 is 5.60 Å². The van der Waals surface area contributed by atoms with E-state index in [2.05, 4.69) is 35.2 Å². The van der Waals surface area contributed by atoms with Gasteiger partial charge in [0.1, 0.15) is 5.60 Å². The Morgan fingerprint density at radius 1 is 1.13 bits per heavy atom. The summed E-state index contributed by atoms with van der Waals surface area (Å²) in [6.45, 7) is 6.27. The third kappa shape index (κ3) is 4.14. The first-order chi connectivity index (χ1) is 10.9. The average Bonchev–Trinajstić information content (AvgIpc) is 2.45. The van der Waals surface area contributed by atoms with Gasteiger partial charge in [0.15, 0.2) is 0 Å². The summed E-state index contributed by atoms with van der Waals surface area (Å²) < 4.78 is 5.54. The Bertz CT molecular complexity index is 520. The summed E-state index contributed by atoms with van der Waals surface area (Å²) >= 11 is 0. The monoisotopic (exact) mass is 315 g/mol. The number of piperidine rings is 2. The number of rotatable bonds is 3. The van der Waals surface area contributed by atoms with Crippen LogP contribution in [0.2, 0.25) is 0 Å². The van der Waals surface area contributed by atoms with Crippen molar-refractivity contribution in [2.45, 2.75) is 76.5 Å². The Labute approximate surface area is 140 Å². The molecule has 126 valence electrons. The molecule has 0 amide bonds. The molecule has 0 radical (unpaired) electrons. The molecule has 0 N–H and O–H groups in total. The third-order valence-corrected chi connectivity index (χ3v) is 5.13. The predicted molar refractivity (Wildman–Crippen MR) is 92.4 cm³/mol. The van der Waals surface area contributed by atoms with Gasteiger partial charge < -0.3 is 4.74 Å². The van der Waals surface area contributed by atoms with E-state index in [0.29, 0.717) is 24.5 Å². The molecule has 0 aliphatic carbocycles. The van der Waals surface area contributed by atoms with Gasteiger partial charge in [-0.05, 0) is 57.9 Å². The highest BCUT2D eigenvalue weighted by molar-refractivity contribution is 5.72. The highest BCUT2D eigenvalue weighted by atomic mass is 16.6. The first-order valence-corrected chi connectivity index (χ1v) is 8.95. The molecule has 0 aromatic heterocycles. The van der Waals surface area contributed by atoms with Crippen LogP contribution in [0.5, 0.6) is 0 Å². The van der Waals surface area contributed by atoms with Crippen molar-refractivity contribution in [3.63, 3.8) is 0 Å². The molecule has 2 heterocycles. The molecule has 0 saturated carbocycles. The summed E-state index contributed by atoms with van der Waals surface area (Å²) in [4.78, 5) is 14.7. The van der Waals surface area contributed by atoms with E-state index in [-0.39, 0.29) is 5.97 Å². The molecule has 2 aliphatic heterocycles. The highest BCUT2D eigenvalue weighted by Gasteiger charge is 2.39. The number of carbonyl (C=O) groups excluding carboxylic acids is 1. The molecule has 3 rings (SSSR count). The molecule has 2 fully saturated rings. The second-order valence-corrected chi connectivity index (χ2v) is 8.08. The Kier molecular flexibility index (Phi) is 4.77. The van der Waals surface area contributed by atoms with Gasteiger partial charge in [-0.2, -0.15) is 0 Å². The van der Waals surface area contributed by atoms with Crippen LogP contribution in [0.1, 0.15) is 64.4 Å². The summed E-state index contributed by atoms with van der Waals surface area (Å²) in [6, 6.07) is 11.9. The second kappa shape index (κ2) is 6.64. The van der Waals surface area contributed by atoms with E-state index >= 15 is 0 Å². The number of hydrogen-bond donors (Lipinski definition) is 0. The van der Waals surface area contributed by atoms with Crippen LogP contribution < -0.4 is 0 Å². The van der Waals surface area contributed by atoms with Crippen molar-refractivity contribution in [1.29, 1.82) is 0 Å². The topological polar surface area (TPSA) is 29.5 Å². The molecule has 2 unspecified atom stereocenters. The van der Waals surface area contributed by atoms with Gasteiger partial charge in [-0.25, -0.2) is 0 Å². The lowest BCUT2D eigenvalue weighted by atomic mass is 9.75. The maximum atomic E-state index is 12.2. The van der Waals surface area contributed by atoms with Crippen LogP contribution in [0.4, 0.5) is 0 Å². The molecule has 2 saturated heterocycles. The summed E-state index contributed by atoms with van der Waals surface area (Å²) in [5.41, 5.74) is 1.07. The van der Waals surface area contributed by atoms with Crippen molar-refractivity contribution < 1.29 is 9.53 Å². The lowest BCUT2D eigenvalue weighted by Gasteiger charge is -2.48. The maximum absolute atomic E-state index is 12.2. The minimum atomic E-state index is -0.394. The summed E-state index contributed by atoms with van der Waals surface area (Å²) in [5.74, 6) is 0.564. The summed E-state index contributed by atoms with van der Waals surface area (Å²) in [6.07, 6.45) is 6.06. The van der Waals surface area contributed by atoms with Gasteiger partial charge in [-0.3, -0.25) is 9.69 Å². The normalized spacial score (nSPS) is 28.4. The number of carbonyl (C=O) groups is 1. The Hall–Kier alpha value is -1.35. The molecule has 1 aromatic carbocycles. The molecule has 2 bridgehead atoms. The van der Waals surface area contributed by atoms with E-state index in [4.69, 9.17) is 4.74 Å². The quantitative estimate of drug-likeness (QED) is 0.786. The summed E-state index contributed by atoms with van der Waals surface area (Å²) in [5, 5.41) is 0. The van der Waals surface area contributed by atoms with Gasteiger partial charge in [-0.15, -0.1) is 0 Å². The molecule has 2 atom stereocenters. The van der Waals surface area contributed by atoms with Gasteiger partial charge in [0.2, 0.25) is 0 Å². The van der Waals surface area contributed by atoms with Crippen LogP contribution in [0, 0.1) is 0 Å². The zero-order valence-electron chi connectivity index (χ0n) is 14.6. The zero-order chi connectivity index (χ0) is 16.4. The Balaban J connectivity index is 1.67. The fraction of sp³-hybridized carbons (Fsp3) is 0.650. The number of hydrogen-bond acceptors (Lipinski definition) is 3. The van der Waals surface area contributed by atoms with E-state index in [9.17, 15) is 4.79 Å². The van der Waals surface area contributed by atoms with Crippen LogP contribution in [0.15, 0.2) is 30.3 Å². The lowest BCUT2D eigenvalue weighted by Crippen LogP contribution is -2.53. The van der Waals surface area contributed by atoms with Gasteiger partial charge >= 0.3 is 5.97 Å². The van der Waals surface area contributed by atoms with E-state index in [0.717, 1.165) is 0 Å². The number of benzene rings is 1. The minimum absolute atomic E-state index is 0.0763. The fourth-order valence-corrected chi connectivity index (χ4v) is 4.26. The average molecular weight is 315 g/mol. The summed E-state index contributed by atoms with van der Waals surface area (Å²) in [7, 11) is 0. The molecule has 23 heavy (non-hydrogen) atoms. The van der Waals surface area contributed by atoms with E-state index in [1.807, 2.05) is 20.8 Å². The largest absolute Gasteiger partial charge is 0.459 e. The number of fused-ring (bicyclic) bond motifs is 2. The van der Waals surface area contributed by atoms with Crippen LogP contribution in [-0.2, 0) is 9.53 Å². The van der Waals surface area contributed by atoms with Gasteiger partial charge in [0.25, 0.3) is 0 Å². The second-order valence-electron chi connectivity index (χ2n) is 8.08. The van der Waals surface area contributed by atoms with Crippen molar-refractivity contribution >= 4 is 5.97 Å². The van der Waals surface area contributed by atoms with Crippen molar-refractivity contribution in [3.8, 4) is 0 Å². The van der Waals surface area contributed by atoms with Crippen LogP contribution in [0.3, 0.4) is 0 Å². The molecule has 1 aromatic rings. The van der Waals surface area contributed by atoms with Crippen molar-refractivity contribution in [1.82, 2.24) is 4.90 Å². The molecular weight excluding hydrogens is 286 g/mol. The van der Waals surface area contributed by atoms with E-state index in [1.165, 1.54) is 37.7 Å². The van der Waals surface area contributed by atoms with E-state index in [1.54, 1.807) is 0 Å². The van der Waals surface area contributed by atoms with Crippen molar-refractivity contribution in [2.24, 2.45) is 0 Å². The maximum Gasteiger partial charge on any atom is 0.320 e. The van der Waals surface area contributed by atoms with Crippen molar-refractivity contribution in [3.05, 3.63) is 35.9 Å². The molecule has 3 nitrogen and oxygen atoms in total. The lowest BCUT2D eigenvalue weighted by molar-refractivity contribution is -0.159. The van der Waals surface area contributed by atoms with Gasteiger partial charge in [0.05, 0.1) is 6.54 Å². The molecule has 2 aliphatic rings. The molecule has 0 spiro atoms. The SMILES string of the molecule is CC(C)(C)OC(=O)CN1C2CCCC1CC(c1ccccc1)C2. The first kappa shape index (κ1) is 16.5. The van der Waals surface area contributed by atoms with Crippen LogP contribution in [0.25, 0.3) is 0 Å². The van der Waals surface area contributed by atoms with Crippen LogP contribution >= 0.6 is 0 Å². The molecular formula is C20H29NO2.